The van der Waals surface area contributed by atoms with Gasteiger partial charge < -0.3 is 0 Å². The van der Waals surface area contributed by atoms with Gasteiger partial charge >= 0.3 is 0 Å². The second-order valence-corrected chi connectivity index (χ2v) is 9.39. The highest BCUT2D eigenvalue weighted by atomic mass is 32.2. The molecule has 2 rings (SSSR count). The van der Waals surface area contributed by atoms with E-state index in [1.165, 1.54) is 12.5 Å². The minimum Gasteiger partial charge on any atom is -0.229 e. The zero-order valence-corrected chi connectivity index (χ0v) is 14.3. The van der Waals surface area contributed by atoms with Crippen LogP contribution in [-0.2, 0) is 31.2 Å². The Bertz CT molecular complexity index is 696. The van der Waals surface area contributed by atoms with Crippen LogP contribution in [0.3, 0.4) is 0 Å². The molecule has 0 unspecified atom stereocenters. The number of hydrogen-bond donors (Lipinski definition) is 0. The molecule has 22 heavy (non-hydrogen) atoms. The Morgan fingerprint density at radius 3 is 1.09 bits per heavy atom. The van der Waals surface area contributed by atoms with E-state index in [-0.39, 0.29) is 11.5 Å². The molecule has 4 nitrogen and oxygen atoms in total. The van der Waals surface area contributed by atoms with Gasteiger partial charge in [-0.25, -0.2) is 16.8 Å². The van der Waals surface area contributed by atoms with Crippen LogP contribution >= 0.6 is 0 Å². The van der Waals surface area contributed by atoms with Crippen LogP contribution in [0.2, 0.25) is 0 Å². The molecule has 0 radical (unpaired) electrons. The first-order valence-electron chi connectivity index (χ1n) is 6.59. The molecule has 0 amide bonds. The fraction of sp³-hybridized carbons (Fsp3) is 0.250. The summed E-state index contributed by atoms with van der Waals surface area (Å²) in [6.45, 7) is 0. The number of sulfone groups is 2. The molecule has 2 aromatic carbocycles. The van der Waals surface area contributed by atoms with Crippen molar-refractivity contribution in [2.75, 3.05) is 12.5 Å². The van der Waals surface area contributed by atoms with E-state index >= 15 is 0 Å². The third-order valence-corrected chi connectivity index (χ3v) is 4.26. The van der Waals surface area contributed by atoms with Gasteiger partial charge in [0.05, 0.1) is 11.5 Å². The van der Waals surface area contributed by atoms with Gasteiger partial charge in [-0.05, 0) is 11.1 Å². The second kappa shape index (κ2) is 8.10. The third kappa shape index (κ3) is 9.31. The van der Waals surface area contributed by atoms with Crippen LogP contribution in [0, 0.1) is 0 Å². The standard InChI is InChI=1S/2C8H10O2S/c2*1-11(9,10)7-8-5-3-2-4-6-8/h2*2-6H,7H2,1H3. The quantitative estimate of drug-likeness (QED) is 0.857. The Hall–Kier alpha value is -1.66. The van der Waals surface area contributed by atoms with Gasteiger partial charge in [0.25, 0.3) is 0 Å². The van der Waals surface area contributed by atoms with Gasteiger partial charge in [-0.3, -0.25) is 0 Å². The zero-order valence-electron chi connectivity index (χ0n) is 12.6. The smallest absolute Gasteiger partial charge is 0.151 e. The van der Waals surface area contributed by atoms with E-state index in [0.29, 0.717) is 0 Å². The predicted molar refractivity (Wildman–Crippen MR) is 90.0 cm³/mol. The van der Waals surface area contributed by atoms with Gasteiger partial charge in [0.15, 0.2) is 19.7 Å². The Morgan fingerprint density at radius 2 is 0.864 bits per heavy atom. The van der Waals surface area contributed by atoms with Gasteiger partial charge in [0, 0.05) is 12.5 Å². The van der Waals surface area contributed by atoms with Crippen molar-refractivity contribution in [3.05, 3.63) is 71.8 Å². The predicted octanol–water partition coefficient (Wildman–Crippen LogP) is 2.46. The SMILES string of the molecule is CS(=O)(=O)Cc1ccccc1.CS(=O)(=O)Cc1ccccc1. The van der Waals surface area contributed by atoms with Crippen molar-refractivity contribution < 1.29 is 16.8 Å². The van der Waals surface area contributed by atoms with Crippen molar-refractivity contribution in [1.29, 1.82) is 0 Å². The first-order chi connectivity index (χ1) is 10.2. The molecule has 0 heterocycles. The van der Waals surface area contributed by atoms with E-state index in [9.17, 15) is 16.8 Å². The Balaban J connectivity index is 0.000000220. The molecule has 0 atom stereocenters. The van der Waals surface area contributed by atoms with Crippen LogP contribution in [0.1, 0.15) is 11.1 Å². The summed E-state index contributed by atoms with van der Waals surface area (Å²) < 4.78 is 43.2. The Kier molecular flexibility index (Phi) is 6.77. The second-order valence-electron chi connectivity index (χ2n) is 5.11. The summed E-state index contributed by atoms with van der Waals surface area (Å²) in [6, 6.07) is 18.3. The largest absolute Gasteiger partial charge is 0.229 e. The van der Waals surface area contributed by atoms with E-state index in [1.54, 1.807) is 24.3 Å². The number of benzene rings is 2. The van der Waals surface area contributed by atoms with E-state index < -0.39 is 19.7 Å². The van der Waals surface area contributed by atoms with E-state index in [0.717, 1.165) is 11.1 Å². The van der Waals surface area contributed by atoms with Crippen molar-refractivity contribution in [2.24, 2.45) is 0 Å². The highest BCUT2D eigenvalue weighted by Crippen LogP contribution is 2.03. The maximum Gasteiger partial charge on any atom is 0.151 e. The molecule has 0 aliphatic rings. The number of rotatable bonds is 4. The molecular weight excluding hydrogens is 320 g/mol. The van der Waals surface area contributed by atoms with E-state index in [1.807, 2.05) is 36.4 Å². The normalized spacial score (nSPS) is 11.4. The molecule has 120 valence electrons. The van der Waals surface area contributed by atoms with Gasteiger partial charge in [-0.15, -0.1) is 0 Å². The van der Waals surface area contributed by atoms with Crippen molar-refractivity contribution in [1.82, 2.24) is 0 Å². The van der Waals surface area contributed by atoms with Crippen LogP contribution in [0.5, 0.6) is 0 Å². The molecule has 2 aromatic rings. The van der Waals surface area contributed by atoms with Crippen LogP contribution in [0.4, 0.5) is 0 Å². The molecular formula is C16H20O4S2. The monoisotopic (exact) mass is 340 g/mol. The van der Waals surface area contributed by atoms with Gasteiger partial charge in [0.2, 0.25) is 0 Å². The highest BCUT2D eigenvalue weighted by Gasteiger charge is 2.02. The summed E-state index contributed by atoms with van der Waals surface area (Å²) in [5.74, 6) is 0.266. The average molecular weight is 340 g/mol. The maximum atomic E-state index is 10.8. The van der Waals surface area contributed by atoms with Gasteiger partial charge in [-0.2, -0.15) is 0 Å². The van der Waals surface area contributed by atoms with Crippen molar-refractivity contribution in [3.63, 3.8) is 0 Å². The average Bonchev–Trinajstić information content (AvgIpc) is 2.38. The highest BCUT2D eigenvalue weighted by molar-refractivity contribution is 7.90. The summed E-state index contributed by atoms with van der Waals surface area (Å²) >= 11 is 0. The van der Waals surface area contributed by atoms with Crippen LogP contribution in [0.15, 0.2) is 60.7 Å². The maximum absolute atomic E-state index is 10.8. The molecule has 0 saturated carbocycles. The lowest BCUT2D eigenvalue weighted by Gasteiger charge is -1.96. The van der Waals surface area contributed by atoms with E-state index in [4.69, 9.17) is 0 Å². The molecule has 0 spiro atoms. The van der Waals surface area contributed by atoms with E-state index in [2.05, 4.69) is 0 Å². The van der Waals surface area contributed by atoms with Crippen molar-refractivity contribution in [3.8, 4) is 0 Å². The minimum atomic E-state index is -2.88. The summed E-state index contributed by atoms with van der Waals surface area (Å²) in [5.41, 5.74) is 1.69. The van der Waals surface area contributed by atoms with Gasteiger partial charge in [0.1, 0.15) is 0 Å². The van der Waals surface area contributed by atoms with Crippen molar-refractivity contribution >= 4 is 19.7 Å². The van der Waals surface area contributed by atoms with Crippen LogP contribution in [-0.4, -0.2) is 29.3 Å². The molecule has 0 aromatic heterocycles. The molecule has 0 saturated heterocycles. The number of hydrogen-bond acceptors (Lipinski definition) is 4. The fourth-order valence-corrected chi connectivity index (χ4v) is 3.35. The van der Waals surface area contributed by atoms with Crippen LogP contribution < -0.4 is 0 Å². The van der Waals surface area contributed by atoms with Gasteiger partial charge in [-0.1, -0.05) is 60.7 Å². The Labute approximate surface area is 132 Å². The summed E-state index contributed by atoms with van der Waals surface area (Å²) in [4.78, 5) is 0. The molecule has 0 bridgehead atoms. The lowest BCUT2D eigenvalue weighted by Crippen LogP contribution is -1.99. The summed E-state index contributed by atoms with van der Waals surface area (Å²) in [5, 5.41) is 0. The molecule has 0 aliphatic heterocycles. The summed E-state index contributed by atoms with van der Waals surface area (Å²) in [6.07, 6.45) is 2.47. The Morgan fingerprint density at radius 1 is 0.591 bits per heavy atom. The lowest BCUT2D eigenvalue weighted by atomic mass is 10.2. The summed E-state index contributed by atoms with van der Waals surface area (Å²) in [7, 11) is -5.75. The zero-order chi connectivity index (χ0) is 16.6. The molecule has 0 aliphatic carbocycles. The molecule has 0 N–H and O–H groups in total. The first-order valence-corrected chi connectivity index (χ1v) is 10.7. The van der Waals surface area contributed by atoms with Crippen LogP contribution in [0.25, 0.3) is 0 Å². The minimum absolute atomic E-state index is 0.133. The first kappa shape index (κ1) is 18.4. The molecule has 0 fully saturated rings. The topological polar surface area (TPSA) is 68.3 Å². The third-order valence-electron chi connectivity index (χ3n) is 2.54. The fourth-order valence-electron chi connectivity index (χ4n) is 1.75. The molecule has 6 heteroatoms. The lowest BCUT2D eigenvalue weighted by molar-refractivity contribution is 0.599. The van der Waals surface area contributed by atoms with Crippen molar-refractivity contribution in [2.45, 2.75) is 11.5 Å².